The van der Waals surface area contributed by atoms with E-state index < -0.39 is 0 Å². The smallest absolute Gasteiger partial charge is 0.236 e. The molecule has 86 valence electrons. The molecular weight excluding hydrogens is 220 g/mol. The molecule has 0 aliphatic carbocycles. The highest BCUT2D eigenvalue weighted by Gasteiger charge is 2.12. The number of benzene rings is 1. The fourth-order valence-corrected chi connectivity index (χ4v) is 1.46. The van der Waals surface area contributed by atoms with Crippen molar-refractivity contribution in [1.29, 1.82) is 5.26 Å². The van der Waals surface area contributed by atoms with Crippen molar-refractivity contribution in [3.05, 3.63) is 30.0 Å². The fourth-order valence-electron chi connectivity index (χ4n) is 1.46. The summed E-state index contributed by atoms with van der Waals surface area (Å²) in [5, 5.41) is 12.5. The zero-order chi connectivity index (χ0) is 12.3. The summed E-state index contributed by atoms with van der Waals surface area (Å²) in [6, 6.07) is 8.78. The van der Waals surface area contributed by atoms with Gasteiger partial charge in [0.15, 0.2) is 0 Å². The molecule has 2 rings (SSSR count). The van der Waals surface area contributed by atoms with Crippen LogP contribution in [0.25, 0.3) is 11.3 Å². The van der Waals surface area contributed by atoms with Crippen molar-refractivity contribution in [3.8, 4) is 28.8 Å². The van der Waals surface area contributed by atoms with Crippen LogP contribution < -0.4 is 9.47 Å². The van der Waals surface area contributed by atoms with Crippen LogP contribution in [-0.4, -0.2) is 19.4 Å². The first-order chi connectivity index (χ1) is 8.28. The average molecular weight is 230 g/mol. The molecule has 0 saturated carbocycles. The van der Waals surface area contributed by atoms with Crippen LogP contribution in [0.1, 0.15) is 5.76 Å². The molecule has 0 aliphatic rings. The van der Waals surface area contributed by atoms with Crippen molar-refractivity contribution in [2.24, 2.45) is 0 Å². The maximum atomic E-state index is 8.67. The highest BCUT2D eigenvalue weighted by Crippen LogP contribution is 2.32. The Labute approximate surface area is 98.2 Å². The van der Waals surface area contributed by atoms with Crippen LogP contribution in [0, 0.1) is 11.3 Å². The molecule has 5 heteroatoms. The van der Waals surface area contributed by atoms with Gasteiger partial charge < -0.3 is 14.0 Å². The quantitative estimate of drug-likeness (QED) is 0.808. The molecule has 1 aromatic heterocycles. The van der Waals surface area contributed by atoms with Gasteiger partial charge in [-0.25, -0.2) is 0 Å². The summed E-state index contributed by atoms with van der Waals surface area (Å²) < 4.78 is 15.2. The first kappa shape index (κ1) is 11.0. The van der Waals surface area contributed by atoms with Crippen LogP contribution in [0.3, 0.4) is 0 Å². The Morgan fingerprint density at radius 1 is 1.24 bits per heavy atom. The number of methoxy groups -OCH3 is 2. The Kier molecular flexibility index (Phi) is 2.97. The van der Waals surface area contributed by atoms with Gasteiger partial charge in [-0.1, -0.05) is 5.16 Å². The number of hydrogen-bond acceptors (Lipinski definition) is 5. The first-order valence-corrected chi connectivity index (χ1v) is 4.87. The summed E-state index contributed by atoms with van der Waals surface area (Å²) in [7, 11) is 3.14. The molecule has 17 heavy (non-hydrogen) atoms. The van der Waals surface area contributed by atoms with Crippen LogP contribution >= 0.6 is 0 Å². The lowest BCUT2D eigenvalue weighted by Gasteiger charge is -2.07. The summed E-state index contributed by atoms with van der Waals surface area (Å²) in [6.07, 6.45) is 0. The minimum absolute atomic E-state index is 0.165. The molecule has 0 N–H and O–H groups in total. The van der Waals surface area contributed by atoms with Gasteiger partial charge in [0.2, 0.25) is 5.76 Å². The minimum atomic E-state index is 0.165. The molecule has 5 nitrogen and oxygen atoms in total. The maximum absolute atomic E-state index is 8.67. The van der Waals surface area contributed by atoms with Gasteiger partial charge in [-0.15, -0.1) is 0 Å². The number of ether oxygens (including phenoxy) is 2. The van der Waals surface area contributed by atoms with E-state index in [1.807, 2.05) is 6.07 Å². The SMILES string of the molecule is COc1ccc(-c2cc(C#N)on2)c(OC)c1. The molecule has 2 aromatic rings. The normalized spacial score (nSPS) is 9.71. The Morgan fingerprint density at radius 2 is 2.06 bits per heavy atom. The molecule has 1 aromatic carbocycles. The largest absolute Gasteiger partial charge is 0.497 e. The lowest BCUT2D eigenvalue weighted by Crippen LogP contribution is -1.90. The second-order valence-electron chi connectivity index (χ2n) is 3.25. The van der Waals surface area contributed by atoms with Crippen molar-refractivity contribution in [2.75, 3.05) is 14.2 Å². The fraction of sp³-hybridized carbons (Fsp3) is 0.167. The van der Waals surface area contributed by atoms with Crippen molar-refractivity contribution in [3.63, 3.8) is 0 Å². The van der Waals surface area contributed by atoms with E-state index in [0.29, 0.717) is 17.2 Å². The molecule has 1 heterocycles. The lowest BCUT2D eigenvalue weighted by molar-refractivity contribution is 0.393. The van der Waals surface area contributed by atoms with Crippen LogP contribution in [-0.2, 0) is 0 Å². The third-order valence-electron chi connectivity index (χ3n) is 2.30. The third-order valence-corrected chi connectivity index (χ3v) is 2.30. The van der Waals surface area contributed by atoms with Gasteiger partial charge in [-0.05, 0) is 12.1 Å². The third kappa shape index (κ3) is 2.06. The molecular formula is C12H10N2O3. The Bertz CT molecular complexity index is 569. The second kappa shape index (κ2) is 4.58. The molecule has 0 spiro atoms. The average Bonchev–Trinajstić information content (AvgIpc) is 2.86. The van der Waals surface area contributed by atoms with Crippen molar-refractivity contribution in [1.82, 2.24) is 5.16 Å². The number of nitriles is 1. The Hall–Kier alpha value is -2.48. The second-order valence-corrected chi connectivity index (χ2v) is 3.25. The topological polar surface area (TPSA) is 68.3 Å². The summed E-state index contributed by atoms with van der Waals surface area (Å²) >= 11 is 0. The van der Waals surface area contributed by atoms with Crippen LogP contribution in [0.2, 0.25) is 0 Å². The van der Waals surface area contributed by atoms with Gasteiger partial charge in [0.05, 0.1) is 14.2 Å². The number of aromatic nitrogens is 1. The van der Waals surface area contributed by atoms with E-state index in [1.165, 1.54) is 0 Å². The highest BCUT2D eigenvalue weighted by molar-refractivity contribution is 5.68. The van der Waals surface area contributed by atoms with Crippen molar-refractivity contribution >= 4 is 0 Å². The van der Waals surface area contributed by atoms with Crippen LogP contribution in [0.4, 0.5) is 0 Å². The number of hydrogen-bond donors (Lipinski definition) is 0. The summed E-state index contributed by atoms with van der Waals surface area (Å²) in [6.45, 7) is 0. The van der Waals surface area contributed by atoms with Crippen LogP contribution in [0.15, 0.2) is 28.8 Å². The summed E-state index contributed by atoms with van der Waals surface area (Å²) in [4.78, 5) is 0. The Morgan fingerprint density at radius 3 is 2.65 bits per heavy atom. The molecule has 0 unspecified atom stereocenters. The van der Waals surface area contributed by atoms with E-state index in [0.717, 1.165) is 5.56 Å². The zero-order valence-corrected chi connectivity index (χ0v) is 9.43. The number of rotatable bonds is 3. The molecule has 0 bridgehead atoms. The first-order valence-electron chi connectivity index (χ1n) is 4.87. The van der Waals surface area contributed by atoms with Gasteiger partial charge >= 0.3 is 0 Å². The highest BCUT2D eigenvalue weighted by atomic mass is 16.5. The molecule has 0 amide bonds. The molecule has 0 fully saturated rings. The minimum Gasteiger partial charge on any atom is -0.497 e. The van der Waals surface area contributed by atoms with Gasteiger partial charge in [0.25, 0.3) is 0 Å². The standard InChI is InChI=1S/C12H10N2O3/c1-15-8-3-4-10(12(6-8)16-2)11-5-9(7-13)17-14-11/h3-6H,1-2H3. The van der Waals surface area contributed by atoms with Gasteiger partial charge in [-0.2, -0.15) is 5.26 Å². The van der Waals surface area contributed by atoms with Crippen molar-refractivity contribution in [2.45, 2.75) is 0 Å². The zero-order valence-electron chi connectivity index (χ0n) is 9.43. The van der Waals surface area contributed by atoms with E-state index in [2.05, 4.69) is 5.16 Å². The Balaban J connectivity index is 2.48. The molecule has 0 radical (unpaired) electrons. The van der Waals surface area contributed by atoms with E-state index in [4.69, 9.17) is 19.3 Å². The predicted octanol–water partition coefficient (Wildman–Crippen LogP) is 2.23. The maximum Gasteiger partial charge on any atom is 0.236 e. The molecule has 0 aliphatic heterocycles. The van der Waals surface area contributed by atoms with E-state index >= 15 is 0 Å². The predicted molar refractivity (Wildman–Crippen MR) is 59.8 cm³/mol. The summed E-state index contributed by atoms with van der Waals surface area (Å²) in [5.41, 5.74) is 1.31. The number of nitrogens with zero attached hydrogens (tertiary/aromatic N) is 2. The van der Waals surface area contributed by atoms with Gasteiger partial charge in [0.1, 0.15) is 23.3 Å². The van der Waals surface area contributed by atoms with E-state index in [-0.39, 0.29) is 5.76 Å². The lowest BCUT2D eigenvalue weighted by atomic mass is 10.1. The van der Waals surface area contributed by atoms with Gasteiger partial charge in [-0.3, -0.25) is 0 Å². The van der Waals surface area contributed by atoms with Gasteiger partial charge in [0, 0.05) is 17.7 Å². The van der Waals surface area contributed by atoms with Crippen molar-refractivity contribution < 1.29 is 14.0 Å². The van der Waals surface area contributed by atoms with E-state index in [1.54, 1.807) is 38.5 Å². The van der Waals surface area contributed by atoms with E-state index in [9.17, 15) is 0 Å². The van der Waals surface area contributed by atoms with Crippen LogP contribution in [0.5, 0.6) is 11.5 Å². The molecule has 0 saturated heterocycles. The monoisotopic (exact) mass is 230 g/mol. The molecule has 0 atom stereocenters. The summed E-state index contributed by atoms with van der Waals surface area (Å²) in [5.74, 6) is 1.47.